The number of sulfonamides is 1. The van der Waals surface area contributed by atoms with E-state index >= 15 is 0 Å². The summed E-state index contributed by atoms with van der Waals surface area (Å²) in [6.07, 6.45) is 1.75. The molecular formula is C9H11BrN2O3S2. The molecule has 0 aliphatic heterocycles. The first kappa shape index (κ1) is 13.0. The molecule has 0 unspecified atom stereocenters. The lowest BCUT2D eigenvalue weighted by Gasteiger charge is -2.14. The van der Waals surface area contributed by atoms with Gasteiger partial charge in [0.1, 0.15) is 3.79 Å². The summed E-state index contributed by atoms with van der Waals surface area (Å²) < 4.78 is 25.9. The van der Waals surface area contributed by atoms with Gasteiger partial charge in [-0.05, 0) is 35.2 Å². The van der Waals surface area contributed by atoms with Gasteiger partial charge in [0.25, 0.3) is 5.91 Å². The van der Waals surface area contributed by atoms with Crippen LogP contribution in [0.4, 0.5) is 0 Å². The molecule has 0 saturated heterocycles. The number of nitrogens with one attached hydrogen (secondary N) is 1. The fourth-order valence-electron chi connectivity index (χ4n) is 1.61. The molecular weight excluding hydrogens is 328 g/mol. The molecule has 17 heavy (non-hydrogen) atoms. The minimum Gasteiger partial charge on any atom is -0.266 e. The Kier molecular flexibility index (Phi) is 3.30. The number of carbonyl (C=O) groups is 1. The maximum atomic E-state index is 12.0. The van der Waals surface area contributed by atoms with Gasteiger partial charge >= 0.3 is 0 Å². The van der Waals surface area contributed by atoms with E-state index in [1.54, 1.807) is 0 Å². The Morgan fingerprint density at radius 1 is 1.65 bits per heavy atom. The highest BCUT2D eigenvalue weighted by atomic mass is 79.9. The van der Waals surface area contributed by atoms with Crippen molar-refractivity contribution in [2.45, 2.75) is 30.9 Å². The summed E-state index contributed by atoms with van der Waals surface area (Å²) >= 11 is 4.40. The Bertz CT molecular complexity index is 548. The largest absolute Gasteiger partial charge is 0.285 e. The summed E-state index contributed by atoms with van der Waals surface area (Å²) in [6, 6.07) is 0. The van der Waals surface area contributed by atoms with E-state index in [0.717, 1.165) is 0 Å². The summed E-state index contributed by atoms with van der Waals surface area (Å²) in [5.74, 6) is -0.669. The minimum absolute atomic E-state index is 0.116. The van der Waals surface area contributed by atoms with Gasteiger partial charge in [0.2, 0.25) is 10.0 Å². The van der Waals surface area contributed by atoms with Gasteiger partial charge in [0.15, 0.2) is 5.69 Å². The number of hydrogen-bond donors (Lipinski definition) is 1. The molecule has 1 heterocycles. The van der Waals surface area contributed by atoms with Gasteiger partial charge in [-0.3, -0.25) is 4.79 Å². The van der Waals surface area contributed by atoms with Crippen LogP contribution in [-0.2, 0) is 10.0 Å². The standard InChI is InChI=1S/C9H11BrN2O3S2/c1-2-9(3-4-9)17(14,15)12-8(13)6-7(10)16-5-11-6/h5H,2-4H2,1H3,(H,12,13). The van der Waals surface area contributed by atoms with Gasteiger partial charge in [-0.15, -0.1) is 11.3 Å². The number of thiazole rings is 1. The highest BCUT2D eigenvalue weighted by molar-refractivity contribution is 9.11. The molecule has 0 atom stereocenters. The second-order valence-electron chi connectivity index (χ2n) is 3.95. The molecule has 1 saturated carbocycles. The third-order valence-electron chi connectivity index (χ3n) is 2.99. The average molecular weight is 339 g/mol. The van der Waals surface area contributed by atoms with Gasteiger partial charge < -0.3 is 0 Å². The lowest BCUT2D eigenvalue weighted by atomic mass is 10.3. The Morgan fingerprint density at radius 2 is 2.29 bits per heavy atom. The SMILES string of the molecule is CCC1(S(=O)(=O)NC(=O)c2ncsc2Br)CC1. The molecule has 1 aromatic heterocycles. The van der Waals surface area contributed by atoms with Crippen LogP contribution in [0.5, 0.6) is 0 Å². The highest BCUT2D eigenvalue weighted by Gasteiger charge is 2.53. The Morgan fingerprint density at radius 3 is 2.71 bits per heavy atom. The molecule has 1 amide bonds. The van der Waals surface area contributed by atoms with Crippen LogP contribution in [0.1, 0.15) is 36.7 Å². The highest BCUT2D eigenvalue weighted by Crippen LogP contribution is 2.45. The fraction of sp³-hybridized carbons (Fsp3) is 0.556. The van der Waals surface area contributed by atoms with Gasteiger partial charge in [0.05, 0.1) is 10.3 Å². The molecule has 0 spiro atoms. The number of hydrogen-bond acceptors (Lipinski definition) is 5. The molecule has 1 aliphatic rings. The first-order valence-corrected chi connectivity index (χ1v) is 8.23. The fourth-order valence-corrected chi connectivity index (χ4v) is 4.23. The number of nitrogens with zero attached hydrogens (tertiary/aromatic N) is 1. The van der Waals surface area contributed by atoms with Crippen LogP contribution in [0.3, 0.4) is 0 Å². The van der Waals surface area contributed by atoms with Crippen LogP contribution in [0.2, 0.25) is 0 Å². The molecule has 1 aliphatic carbocycles. The molecule has 0 aromatic carbocycles. The Balaban J connectivity index is 2.18. The van der Waals surface area contributed by atoms with Crippen molar-refractivity contribution in [1.82, 2.24) is 9.71 Å². The number of aromatic nitrogens is 1. The Labute approximate surface area is 112 Å². The van der Waals surface area contributed by atoms with Crippen molar-refractivity contribution in [2.75, 3.05) is 0 Å². The maximum absolute atomic E-state index is 12.0. The summed E-state index contributed by atoms with van der Waals surface area (Å²) in [6.45, 7) is 1.81. The van der Waals surface area contributed by atoms with Crippen LogP contribution in [0, 0.1) is 0 Å². The average Bonchev–Trinajstić information content (AvgIpc) is 2.95. The number of amides is 1. The molecule has 94 valence electrons. The van der Waals surface area contributed by atoms with Crippen molar-refractivity contribution >= 4 is 43.2 Å². The van der Waals surface area contributed by atoms with Gasteiger partial charge in [-0.25, -0.2) is 18.1 Å². The number of halogens is 1. The summed E-state index contributed by atoms with van der Waals surface area (Å²) in [5.41, 5.74) is 1.60. The second kappa shape index (κ2) is 4.33. The first-order chi connectivity index (χ1) is 7.92. The predicted molar refractivity (Wildman–Crippen MR) is 68.5 cm³/mol. The van der Waals surface area contributed by atoms with E-state index in [1.165, 1.54) is 16.8 Å². The smallest absolute Gasteiger partial charge is 0.266 e. The van der Waals surface area contributed by atoms with Crippen molar-refractivity contribution in [3.63, 3.8) is 0 Å². The summed E-state index contributed by atoms with van der Waals surface area (Å²) in [4.78, 5) is 15.6. The maximum Gasteiger partial charge on any atom is 0.285 e. The van der Waals surface area contributed by atoms with Crippen molar-refractivity contribution in [3.05, 3.63) is 15.0 Å². The van der Waals surface area contributed by atoms with Crippen LogP contribution >= 0.6 is 27.3 Å². The summed E-state index contributed by atoms with van der Waals surface area (Å²) in [5, 5.41) is 0. The molecule has 1 aromatic rings. The van der Waals surface area contributed by atoms with E-state index in [4.69, 9.17) is 0 Å². The van der Waals surface area contributed by atoms with Crippen molar-refractivity contribution in [1.29, 1.82) is 0 Å². The zero-order valence-electron chi connectivity index (χ0n) is 9.07. The van der Waals surface area contributed by atoms with Crippen molar-refractivity contribution in [2.24, 2.45) is 0 Å². The number of carbonyl (C=O) groups excluding carboxylic acids is 1. The van der Waals surface area contributed by atoms with E-state index in [-0.39, 0.29) is 5.69 Å². The zero-order chi connectivity index (χ0) is 12.7. The second-order valence-corrected chi connectivity index (χ2v) is 8.20. The Hall–Kier alpha value is -0.470. The van der Waals surface area contributed by atoms with Crippen molar-refractivity contribution in [3.8, 4) is 0 Å². The summed E-state index contributed by atoms with van der Waals surface area (Å²) in [7, 11) is -3.60. The third kappa shape index (κ3) is 2.25. The van der Waals surface area contributed by atoms with E-state index in [0.29, 0.717) is 23.0 Å². The minimum atomic E-state index is -3.60. The lowest BCUT2D eigenvalue weighted by molar-refractivity contribution is 0.0976. The van der Waals surface area contributed by atoms with Crippen LogP contribution in [0.25, 0.3) is 0 Å². The molecule has 8 heteroatoms. The molecule has 5 nitrogen and oxygen atoms in total. The normalized spacial score (nSPS) is 17.8. The van der Waals surface area contributed by atoms with Crippen LogP contribution in [0.15, 0.2) is 9.30 Å². The predicted octanol–water partition coefficient (Wildman–Crippen LogP) is 1.91. The van der Waals surface area contributed by atoms with Crippen LogP contribution < -0.4 is 4.72 Å². The number of rotatable bonds is 4. The lowest BCUT2D eigenvalue weighted by Crippen LogP contribution is -2.39. The van der Waals surface area contributed by atoms with Gasteiger partial charge in [0, 0.05) is 0 Å². The molecule has 2 rings (SSSR count). The zero-order valence-corrected chi connectivity index (χ0v) is 12.3. The van der Waals surface area contributed by atoms with E-state index in [9.17, 15) is 13.2 Å². The molecule has 0 bridgehead atoms. The van der Waals surface area contributed by atoms with Gasteiger partial charge in [-0.1, -0.05) is 6.92 Å². The quantitative estimate of drug-likeness (QED) is 0.909. The van der Waals surface area contributed by atoms with Crippen LogP contribution in [-0.4, -0.2) is 24.1 Å². The van der Waals surface area contributed by atoms with E-state index in [1.807, 2.05) is 6.92 Å². The molecule has 1 fully saturated rings. The monoisotopic (exact) mass is 338 g/mol. The van der Waals surface area contributed by atoms with Crippen molar-refractivity contribution < 1.29 is 13.2 Å². The first-order valence-electron chi connectivity index (χ1n) is 5.07. The van der Waals surface area contributed by atoms with E-state index in [2.05, 4.69) is 25.6 Å². The van der Waals surface area contributed by atoms with E-state index < -0.39 is 20.7 Å². The van der Waals surface area contributed by atoms with Gasteiger partial charge in [-0.2, -0.15) is 0 Å². The molecule has 1 N–H and O–H groups in total. The third-order valence-corrected chi connectivity index (χ3v) is 6.83. The topological polar surface area (TPSA) is 76.1 Å². The molecule has 0 radical (unpaired) electrons.